The molecule has 1 unspecified atom stereocenters. The Labute approximate surface area is 108 Å². The minimum Gasteiger partial charge on any atom is -0.493 e. The highest BCUT2D eigenvalue weighted by Gasteiger charge is 2.06. The molecule has 1 rings (SSSR count). The summed E-state index contributed by atoms with van der Waals surface area (Å²) in [4.78, 5) is 11.4. The standard InChI is InChI=1S/C14H21NO3/c1-2-6-12(16)11-15-14(17)9-10-18-13-7-4-3-5-8-13/h3-5,7-8,12,16H,2,6,9-11H2,1H3,(H,15,17). The topological polar surface area (TPSA) is 58.6 Å². The summed E-state index contributed by atoms with van der Waals surface area (Å²) in [7, 11) is 0. The van der Waals surface area contributed by atoms with Crippen LogP contribution in [0.5, 0.6) is 5.75 Å². The van der Waals surface area contributed by atoms with E-state index in [0.717, 1.165) is 12.2 Å². The van der Waals surface area contributed by atoms with Crippen LogP contribution in [0.25, 0.3) is 0 Å². The molecule has 0 aliphatic carbocycles. The SMILES string of the molecule is CCCC(O)CNC(=O)CCOc1ccccc1. The molecular weight excluding hydrogens is 230 g/mol. The molecule has 0 aliphatic heterocycles. The molecule has 0 aliphatic rings. The van der Waals surface area contributed by atoms with Crippen molar-refractivity contribution in [1.82, 2.24) is 5.32 Å². The number of carbonyl (C=O) groups is 1. The Hall–Kier alpha value is -1.55. The van der Waals surface area contributed by atoms with E-state index in [-0.39, 0.29) is 5.91 Å². The van der Waals surface area contributed by atoms with Gasteiger partial charge in [-0.25, -0.2) is 0 Å². The normalized spacial score (nSPS) is 11.9. The first-order valence-corrected chi connectivity index (χ1v) is 6.35. The van der Waals surface area contributed by atoms with Gasteiger partial charge in [0.25, 0.3) is 0 Å². The fourth-order valence-corrected chi connectivity index (χ4v) is 1.53. The zero-order valence-electron chi connectivity index (χ0n) is 10.8. The van der Waals surface area contributed by atoms with Crippen molar-refractivity contribution in [2.24, 2.45) is 0 Å². The average molecular weight is 251 g/mol. The van der Waals surface area contributed by atoms with Gasteiger partial charge in [-0.2, -0.15) is 0 Å². The third-order valence-electron chi connectivity index (χ3n) is 2.50. The molecule has 0 spiro atoms. The first kappa shape index (κ1) is 14.5. The van der Waals surface area contributed by atoms with Crippen LogP contribution in [0, 0.1) is 0 Å². The molecule has 18 heavy (non-hydrogen) atoms. The maximum Gasteiger partial charge on any atom is 0.223 e. The largest absolute Gasteiger partial charge is 0.493 e. The Kier molecular flexibility index (Phi) is 6.87. The zero-order chi connectivity index (χ0) is 13.2. The van der Waals surface area contributed by atoms with Crippen LogP contribution in [0.15, 0.2) is 30.3 Å². The maximum absolute atomic E-state index is 11.4. The van der Waals surface area contributed by atoms with Crippen molar-refractivity contribution in [2.75, 3.05) is 13.2 Å². The van der Waals surface area contributed by atoms with Crippen LogP contribution in [0.2, 0.25) is 0 Å². The van der Waals surface area contributed by atoms with E-state index in [1.807, 2.05) is 37.3 Å². The van der Waals surface area contributed by atoms with E-state index in [4.69, 9.17) is 4.74 Å². The molecule has 0 radical (unpaired) electrons. The van der Waals surface area contributed by atoms with Gasteiger partial charge in [0, 0.05) is 6.54 Å². The summed E-state index contributed by atoms with van der Waals surface area (Å²) >= 11 is 0. The monoisotopic (exact) mass is 251 g/mol. The molecule has 0 saturated heterocycles. The minimum absolute atomic E-state index is 0.0962. The number of carbonyl (C=O) groups excluding carboxylic acids is 1. The Bertz CT molecular complexity index is 340. The molecule has 0 fully saturated rings. The van der Waals surface area contributed by atoms with E-state index in [9.17, 15) is 9.90 Å². The van der Waals surface area contributed by atoms with Crippen molar-refractivity contribution in [1.29, 1.82) is 0 Å². The summed E-state index contributed by atoms with van der Waals surface area (Å²) in [6, 6.07) is 9.38. The number of hydrogen-bond acceptors (Lipinski definition) is 3. The quantitative estimate of drug-likeness (QED) is 0.740. The fourth-order valence-electron chi connectivity index (χ4n) is 1.53. The summed E-state index contributed by atoms with van der Waals surface area (Å²) < 4.78 is 5.41. The van der Waals surface area contributed by atoms with E-state index in [2.05, 4.69) is 5.32 Å². The lowest BCUT2D eigenvalue weighted by Gasteiger charge is -2.11. The summed E-state index contributed by atoms with van der Waals surface area (Å²) in [5.74, 6) is 0.664. The highest BCUT2D eigenvalue weighted by molar-refractivity contribution is 5.76. The van der Waals surface area contributed by atoms with Crippen LogP contribution in [-0.4, -0.2) is 30.3 Å². The summed E-state index contributed by atoms with van der Waals surface area (Å²) in [6.45, 7) is 2.66. The molecular formula is C14H21NO3. The predicted molar refractivity (Wildman–Crippen MR) is 70.5 cm³/mol. The first-order chi connectivity index (χ1) is 8.72. The second-order valence-corrected chi connectivity index (χ2v) is 4.16. The molecule has 4 heteroatoms. The lowest BCUT2D eigenvalue weighted by atomic mass is 10.2. The Morgan fingerprint density at radius 3 is 2.78 bits per heavy atom. The molecule has 0 heterocycles. The molecule has 4 nitrogen and oxygen atoms in total. The molecule has 100 valence electrons. The summed E-state index contributed by atoms with van der Waals surface area (Å²) in [5.41, 5.74) is 0. The third-order valence-corrected chi connectivity index (χ3v) is 2.50. The van der Waals surface area contributed by atoms with Gasteiger partial charge in [-0.1, -0.05) is 31.5 Å². The highest BCUT2D eigenvalue weighted by Crippen LogP contribution is 2.08. The van der Waals surface area contributed by atoms with Crippen molar-refractivity contribution in [3.05, 3.63) is 30.3 Å². The zero-order valence-corrected chi connectivity index (χ0v) is 10.8. The highest BCUT2D eigenvalue weighted by atomic mass is 16.5. The van der Waals surface area contributed by atoms with Crippen LogP contribution >= 0.6 is 0 Å². The smallest absolute Gasteiger partial charge is 0.223 e. The van der Waals surface area contributed by atoms with Gasteiger partial charge in [0.15, 0.2) is 0 Å². The van der Waals surface area contributed by atoms with Crippen LogP contribution in [-0.2, 0) is 4.79 Å². The van der Waals surface area contributed by atoms with Crippen LogP contribution in [0.3, 0.4) is 0 Å². The van der Waals surface area contributed by atoms with Gasteiger partial charge >= 0.3 is 0 Å². The lowest BCUT2D eigenvalue weighted by Crippen LogP contribution is -2.32. The molecule has 1 amide bonds. The molecule has 0 saturated carbocycles. The molecule has 0 bridgehead atoms. The van der Waals surface area contributed by atoms with Gasteiger partial charge in [0.1, 0.15) is 5.75 Å². The first-order valence-electron chi connectivity index (χ1n) is 6.35. The number of para-hydroxylation sites is 1. The van der Waals surface area contributed by atoms with Crippen molar-refractivity contribution in [2.45, 2.75) is 32.3 Å². The number of aliphatic hydroxyl groups excluding tert-OH is 1. The van der Waals surface area contributed by atoms with Crippen LogP contribution in [0.4, 0.5) is 0 Å². The molecule has 1 aromatic carbocycles. The van der Waals surface area contributed by atoms with Crippen molar-refractivity contribution in [3.8, 4) is 5.75 Å². The molecule has 1 atom stereocenters. The van der Waals surface area contributed by atoms with Gasteiger partial charge in [0.2, 0.25) is 5.91 Å². The predicted octanol–water partition coefficient (Wildman–Crippen LogP) is 1.73. The number of amides is 1. The van der Waals surface area contributed by atoms with Crippen molar-refractivity contribution >= 4 is 5.91 Å². The second-order valence-electron chi connectivity index (χ2n) is 4.16. The Balaban J connectivity index is 2.10. The number of rotatable bonds is 8. The maximum atomic E-state index is 11.4. The molecule has 2 N–H and O–H groups in total. The van der Waals surface area contributed by atoms with Gasteiger partial charge in [0.05, 0.1) is 19.1 Å². The second kappa shape index (κ2) is 8.53. The fraction of sp³-hybridized carbons (Fsp3) is 0.500. The van der Waals surface area contributed by atoms with Gasteiger partial charge < -0.3 is 15.2 Å². The van der Waals surface area contributed by atoms with Crippen LogP contribution < -0.4 is 10.1 Å². The van der Waals surface area contributed by atoms with Gasteiger partial charge in [-0.3, -0.25) is 4.79 Å². The Morgan fingerprint density at radius 2 is 2.11 bits per heavy atom. The molecule has 0 aromatic heterocycles. The van der Waals surface area contributed by atoms with Gasteiger partial charge in [-0.05, 0) is 18.6 Å². The molecule has 1 aromatic rings. The van der Waals surface area contributed by atoms with Crippen molar-refractivity contribution < 1.29 is 14.6 Å². The average Bonchev–Trinajstić information content (AvgIpc) is 2.38. The number of ether oxygens (including phenoxy) is 1. The van der Waals surface area contributed by atoms with E-state index >= 15 is 0 Å². The minimum atomic E-state index is -0.450. The third kappa shape index (κ3) is 6.25. The number of nitrogens with one attached hydrogen (secondary N) is 1. The number of benzene rings is 1. The van der Waals surface area contributed by atoms with E-state index < -0.39 is 6.10 Å². The van der Waals surface area contributed by atoms with E-state index in [1.54, 1.807) is 0 Å². The number of hydrogen-bond donors (Lipinski definition) is 2. The van der Waals surface area contributed by atoms with E-state index in [1.165, 1.54) is 0 Å². The van der Waals surface area contributed by atoms with Gasteiger partial charge in [-0.15, -0.1) is 0 Å². The van der Waals surface area contributed by atoms with E-state index in [0.29, 0.717) is 26.0 Å². The van der Waals surface area contributed by atoms with Crippen molar-refractivity contribution in [3.63, 3.8) is 0 Å². The lowest BCUT2D eigenvalue weighted by molar-refractivity contribution is -0.122. The summed E-state index contributed by atoms with van der Waals surface area (Å²) in [6.07, 6.45) is 1.47. The Morgan fingerprint density at radius 1 is 1.39 bits per heavy atom. The van der Waals surface area contributed by atoms with Crippen LogP contribution in [0.1, 0.15) is 26.2 Å². The summed E-state index contributed by atoms with van der Waals surface area (Å²) in [5, 5.41) is 12.1. The number of aliphatic hydroxyl groups is 1.